The van der Waals surface area contributed by atoms with Crippen molar-refractivity contribution in [2.75, 3.05) is 31.1 Å². The molecule has 4 heteroatoms. The third-order valence-electron chi connectivity index (χ3n) is 3.20. The summed E-state index contributed by atoms with van der Waals surface area (Å²) in [5.41, 5.74) is -0.00312. The van der Waals surface area contributed by atoms with Gasteiger partial charge in [-0.2, -0.15) is 0 Å². The van der Waals surface area contributed by atoms with Gasteiger partial charge < -0.3 is 15.2 Å². The summed E-state index contributed by atoms with van der Waals surface area (Å²) >= 11 is 0. The van der Waals surface area contributed by atoms with Gasteiger partial charge in [0.05, 0.1) is 0 Å². The first kappa shape index (κ1) is 10.4. The zero-order valence-corrected chi connectivity index (χ0v) is 9.57. The third-order valence-corrected chi connectivity index (χ3v) is 3.20. The van der Waals surface area contributed by atoms with Crippen LogP contribution in [0.5, 0.6) is 0 Å². The Morgan fingerprint density at radius 1 is 1.12 bits per heavy atom. The second kappa shape index (κ2) is 4.22. The van der Waals surface area contributed by atoms with Crippen LogP contribution in [0.25, 0.3) is 10.8 Å². The Hall–Kier alpha value is -1.81. The second-order valence-electron chi connectivity index (χ2n) is 4.31. The first-order valence-electron chi connectivity index (χ1n) is 5.92. The molecule has 0 aliphatic carbocycles. The maximum Gasteiger partial charge on any atom is 0.257 e. The zero-order valence-electron chi connectivity index (χ0n) is 9.57. The number of aromatic amines is 1. The highest BCUT2D eigenvalue weighted by Crippen LogP contribution is 2.16. The van der Waals surface area contributed by atoms with E-state index in [1.807, 2.05) is 24.3 Å². The van der Waals surface area contributed by atoms with Crippen LogP contribution in [-0.4, -0.2) is 31.2 Å². The minimum absolute atomic E-state index is 0.00312. The van der Waals surface area contributed by atoms with Crippen molar-refractivity contribution in [3.05, 3.63) is 40.7 Å². The summed E-state index contributed by atoms with van der Waals surface area (Å²) in [5, 5.41) is 5.06. The smallest absolute Gasteiger partial charge is 0.257 e. The summed E-state index contributed by atoms with van der Waals surface area (Å²) in [7, 11) is 0. The Morgan fingerprint density at radius 2 is 1.88 bits per heavy atom. The molecule has 3 rings (SSSR count). The summed E-state index contributed by atoms with van der Waals surface area (Å²) in [4.78, 5) is 17.1. The number of nitrogens with one attached hydrogen (secondary N) is 2. The van der Waals surface area contributed by atoms with Gasteiger partial charge in [0.2, 0.25) is 0 Å². The lowest BCUT2D eigenvalue weighted by atomic mass is 10.1. The molecule has 1 aliphatic rings. The van der Waals surface area contributed by atoms with Crippen molar-refractivity contribution in [2.24, 2.45) is 0 Å². The van der Waals surface area contributed by atoms with Gasteiger partial charge >= 0.3 is 0 Å². The highest BCUT2D eigenvalue weighted by atomic mass is 16.1. The fraction of sp³-hybridized carbons (Fsp3) is 0.308. The molecule has 88 valence electrons. The van der Waals surface area contributed by atoms with Gasteiger partial charge in [-0.05, 0) is 17.5 Å². The van der Waals surface area contributed by atoms with Crippen LogP contribution < -0.4 is 15.8 Å². The Labute approximate surface area is 99.3 Å². The lowest BCUT2D eigenvalue weighted by molar-refractivity contribution is 0.585. The number of nitrogens with zero attached hydrogens (tertiary/aromatic N) is 1. The minimum atomic E-state index is -0.00312. The molecule has 2 aromatic rings. The maximum atomic E-state index is 11.9. The molecule has 4 nitrogen and oxygen atoms in total. The highest BCUT2D eigenvalue weighted by molar-refractivity contribution is 5.83. The van der Waals surface area contributed by atoms with Gasteiger partial charge in [0.1, 0.15) is 5.82 Å². The largest absolute Gasteiger partial charge is 0.356 e. The van der Waals surface area contributed by atoms with E-state index in [0.29, 0.717) is 0 Å². The number of piperazine rings is 1. The number of rotatable bonds is 1. The fourth-order valence-electron chi connectivity index (χ4n) is 2.27. The molecule has 1 saturated heterocycles. The average Bonchev–Trinajstić information content (AvgIpc) is 2.40. The van der Waals surface area contributed by atoms with Gasteiger partial charge in [0.25, 0.3) is 5.56 Å². The summed E-state index contributed by atoms with van der Waals surface area (Å²) < 4.78 is 0. The van der Waals surface area contributed by atoms with Gasteiger partial charge in [-0.3, -0.25) is 4.79 Å². The number of fused-ring (bicyclic) bond motifs is 1. The van der Waals surface area contributed by atoms with Crippen molar-refractivity contribution >= 4 is 16.6 Å². The van der Waals surface area contributed by atoms with E-state index >= 15 is 0 Å². The summed E-state index contributed by atoms with van der Waals surface area (Å²) in [5.74, 6) is 0.926. The second-order valence-corrected chi connectivity index (χ2v) is 4.31. The van der Waals surface area contributed by atoms with E-state index < -0.39 is 0 Å². The van der Waals surface area contributed by atoms with E-state index in [0.717, 1.165) is 42.8 Å². The fourth-order valence-corrected chi connectivity index (χ4v) is 2.27. The van der Waals surface area contributed by atoms with E-state index in [9.17, 15) is 4.79 Å². The van der Waals surface area contributed by atoms with E-state index in [-0.39, 0.29) is 5.56 Å². The molecule has 2 heterocycles. The van der Waals surface area contributed by atoms with Crippen LogP contribution in [0.1, 0.15) is 0 Å². The molecule has 1 aromatic carbocycles. The van der Waals surface area contributed by atoms with Crippen molar-refractivity contribution in [2.45, 2.75) is 0 Å². The number of hydrogen-bond acceptors (Lipinski definition) is 3. The van der Waals surface area contributed by atoms with Gasteiger partial charge in [0, 0.05) is 31.6 Å². The van der Waals surface area contributed by atoms with Crippen LogP contribution in [0.15, 0.2) is 35.1 Å². The van der Waals surface area contributed by atoms with Gasteiger partial charge in [-0.15, -0.1) is 0 Å². The Bertz CT molecular complexity index is 584. The van der Waals surface area contributed by atoms with Gasteiger partial charge in [-0.25, -0.2) is 0 Å². The quantitative estimate of drug-likeness (QED) is 0.765. The van der Waals surface area contributed by atoms with Crippen LogP contribution in [-0.2, 0) is 0 Å². The molecule has 17 heavy (non-hydrogen) atoms. The molecule has 0 bridgehead atoms. The molecular formula is C13H15N3O. The van der Waals surface area contributed by atoms with Crippen LogP contribution in [0.2, 0.25) is 0 Å². The predicted octanol–water partition coefficient (Wildman–Crippen LogP) is 0.938. The van der Waals surface area contributed by atoms with Crippen LogP contribution in [0, 0.1) is 0 Å². The van der Waals surface area contributed by atoms with Crippen molar-refractivity contribution in [1.29, 1.82) is 0 Å². The van der Waals surface area contributed by atoms with Gasteiger partial charge in [0.15, 0.2) is 0 Å². The SMILES string of the molecule is O=c1[nH]c(N2CCNCC2)cc2ccccc12. The summed E-state index contributed by atoms with van der Waals surface area (Å²) in [6, 6.07) is 9.75. The van der Waals surface area contributed by atoms with E-state index in [2.05, 4.69) is 21.3 Å². The number of pyridine rings is 1. The number of anilines is 1. The Balaban J connectivity index is 2.08. The predicted molar refractivity (Wildman–Crippen MR) is 69.7 cm³/mol. The number of hydrogen-bond donors (Lipinski definition) is 2. The average molecular weight is 229 g/mol. The molecule has 1 fully saturated rings. The van der Waals surface area contributed by atoms with Crippen molar-refractivity contribution in [3.8, 4) is 0 Å². The van der Waals surface area contributed by atoms with Crippen LogP contribution >= 0.6 is 0 Å². The van der Waals surface area contributed by atoms with Crippen molar-refractivity contribution in [1.82, 2.24) is 10.3 Å². The van der Waals surface area contributed by atoms with Crippen LogP contribution in [0.4, 0.5) is 5.82 Å². The molecule has 0 atom stereocenters. The Kier molecular flexibility index (Phi) is 2.57. The van der Waals surface area contributed by atoms with Crippen molar-refractivity contribution in [3.63, 3.8) is 0 Å². The molecule has 1 aliphatic heterocycles. The van der Waals surface area contributed by atoms with Gasteiger partial charge in [-0.1, -0.05) is 18.2 Å². The van der Waals surface area contributed by atoms with Crippen LogP contribution in [0.3, 0.4) is 0 Å². The molecule has 0 radical (unpaired) electrons. The first-order valence-corrected chi connectivity index (χ1v) is 5.92. The summed E-state index contributed by atoms with van der Waals surface area (Å²) in [6.07, 6.45) is 0. The third kappa shape index (κ3) is 1.91. The molecular weight excluding hydrogens is 214 g/mol. The topological polar surface area (TPSA) is 48.1 Å². The molecule has 0 amide bonds. The first-order chi connectivity index (χ1) is 8.34. The molecule has 0 saturated carbocycles. The zero-order chi connectivity index (χ0) is 11.7. The molecule has 2 N–H and O–H groups in total. The lowest BCUT2D eigenvalue weighted by Crippen LogP contribution is -2.44. The normalized spacial score (nSPS) is 16.4. The number of benzene rings is 1. The van der Waals surface area contributed by atoms with Crippen molar-refractivity contribution < 1.29 is 0 Å². The monoisotopic (exact) mass is 229 g/mol. The number of H-pyrrole nitrogens is 1. The standard InChI is InChI=1S/C13H15N3O/c17-13-11-4-2-1-3-10(11)9-12(15-13)16-7-5-14-6-8-16/h1-4,9,14H,5-8H2,(H,15,17). The molecule has 1 aromatic heterocycles. The number of aromatic nitrogens is 1. The highest BCUT2D eigenvalue weighted by Gasteiger charge is 2.12. The maximum absolute atomic E-state index is 11.9. The van der Waals surface area contributed by atoms with E-state index in [1.165, 1.54) is 0 Å². The summed E-state index contributed by atoms with van der Waals surface area (Å²) in [6.45, 7) is 3.81. The molecule has 0 spiro atoms. The Morgan fingerprint density at radius 3 is 2.71 bits per heavy atom. The van der Waals surface area contributed by atoms with E-state index in [4.69, 9.17) is 0 Å². The minimum Gasteiger partial charge on any atom is -0.356 e. The molecule has 0 unspecified atom stereocenters. The lowest BCUT2D eigenvalue weighted by Gasteiger charge is -2.28. The van der Waals surface area contributed by atoms with E-state index in [1.54, 1.807) is 0 Å².